The van der Waals surface area contributed by atoms with Crippen molar-refractivity contribution in [2.45, 2.75) is 69.2 Å². The molecule has 2 aliphatic heterocycles. The largest absolute Gasteiger partial charge is 0.356 e. The Morgan fingerprint density at radius 2 is 1.66 bits per heavy atom. The van der Waals surface area contributed by atoms with Gasteiger partial charge in [0.2, 0.25) is 10.0 Å². The van der Waals surface area contributed by atoms with E-state index in [1.165, 1.54) is 25.0 Å². The fourth-order valence-electron chi connectivity index (χ4n) is 5.24. The number of aromatic nitrogens is 1. The van der Waals surface area contributed by atoms with Crippen LogP contribution in [0.4, 0.5) is 26.1 Å². The first-order valence-corrected chi connectivity index (χ1v) is 14.6. The van der Waals surface area contributed by atoms with Crippen LogP contribution in [-0.2, 0) is 10.0 Å². The van der Waals surface area contributed by atoms with E-state index in [9.17, 15) is 22.0 Å². The molecule has 38 heavy (non-hydrogen) atoms. The summed E-state index contributed by atoms with van der Waals surface area (Å²) >= 11 is 0. The molecule has 8 nitrogen and oxygen atoms in total. The van der Waals surface area contributed by atoms with Gasteiger partial charge < -0.3 is 15.1 Å². The zero-order valence-electron chi connectivity index (χ0n) is 22.1. The van der Waals surface area contributed by atoms with Gasteiger partial charge in [-0.15, -0.1) is 0 Å². The minimum absolute atomic E-state index is 0.0413. The number of amides is 1. The minimum atomic E-state index is -3.78. The molecule has 1 saturated carbocycles. The zero-order chi connectivity index (χ0) is 27.3. The van der Waals surface area contributed by atoms with E-state index >= 15 is 0 Å². The van der Waals surface area contributed by atoms with Gasteiger partial charge in [-0.2, -0.15) is 0 Å². The van der Waals surface area contributed by atoms with Crippen LogP contribution in [0, 0.1) is 5.41 Å². The van der Waals surface area contributed by atoms with Crippen molar-refractivity contribution in [3.8, 4) is 0 Å². The molecule has 0 bridgehead atoms. The summed E-state index contributed by atoms with van der Waals surface area (Å²) in [5, 5.41) is 2.81. The fraction of sp³-hybridized carbons (Fsp3) is 0.556. The number of alkyl halides is 2. The maximum absolute atomic E-state index is 13.9. The number of piperidine rings is 1. The molecule has 1 aliphatic carbocycles. The summed E-state index contributed by atoms with van der Waals surface area (Å²) in [4.78, 5) is 21.9. The van der Waals surface area contributed by atoms with Crippen molar-refractivity contribution >= 4 is 33.3 Å². The van der Waals surface area contributed by atoms with E-state index in [2.05, 4.69) is 14.9 Å². The molecule has 11 heteroatoms. The van der Waals surface area contributed by atoms with E-state index in [0.717, 1.165) is 25.9 Å². The Balaban J connectivity index is 1.41. The van der Waals surface area contributed by atoms with Crippen LogP contribution in [-0.4, -0.2) is 56.9 Å². The van der Waals surface area contributed by atoms with Crippen LogP contribution in [0.25, 0.3) is 0 Å². The topological polar surface area (TPSA) is 94.6 Å². The van der Waals surface area contributed by atoms with Gasteiger partial charge in [0.25, 0.3) is 11.8 Å². The molecule has 1 aromatic heterocycles. The lowest BCUT2D eigenvalue weighted by molar-refractivity contribution is 0.0256. The molecule has 1 aromatic carbocycles. The smallest absolute Gasteiger partial charge is 0.266 e. The first-order valence-electron chi connectivity index (χ1n) is 13.1. The van der Waals surface area contributed by atoms with Crippen molar-refractivity contribution in [2.75, 3.05) is 41.3 Å². The Hall–Kier alpha value is -2.79. The van der Waals surface area contributed by atoms with Crippen LogP contribution in [0.2, 0.25) is 0 Å². The molecule has 1 amide bonds. The third-order valence-corrected chi connectivity index (χ3v) is 9.28. The van der Waals surface area contributed by atoms with Crippen LogP contribution < -0.4 is 19.8 Å². The van der Waals surface area contributed by atoms with Crippen molar-refractivity contribution in [1.82, 2.24) is 9.71 Å². The Kier molecular flexibility index (Phi) is 6.66. The number of nitrogens with one attached hydrogen (secondary N) is 2. The molecule has 206 valence electrons. The molecule has 0 radical (unpaired) electrons. The van der Waals surface area contributed by atoms with Crippen molar-refractivity contribution in [3.05, 3.63) is 42.0 Å². The number of carbonyl (C=O) groups excluding carboxylic acids is 1. The van der Waals surface area contributed by atoms with Gasteiger partial charge in [-0.3, -0.25) is 4.79 Å². The Bertz CT molecular complexity index is 1330. The standard InChI is InChI=1S/C27H35F2N5O3S/c1-25(2,3)32-38(36,37)20-6-4-5-19(17-20)30-24(35)21-7-8-22(34-16-13-27(28,29)18-34)31-23(21)33-14-11-26(9-10-26)12-15-33/h4-8,17,32H,9-16,18H2,1-3H3,(H,30,35). The SMILES string of the molecule is CC(C)(C)NS(=O)(=O)c1cccc(NC(=O)c2ccc(N3CCC(F)(F)C3)nc2N2CCC3(CC2)CC3)c1. The summed E-state index contributed by atoms with van der Waals surface area (Å²) in [5.74, 6) is -2.28. The minimum Gasteiger partial charge on any atom is -0.356 e. The van der Waals surface area contributed by atoms with Gasteiger partial charge in [0, 0.05) is 37.3 Å². The molecule has 2 saturated heterocycles. The maximum atomic E-state index is 13.9. The monoisotopic (exact) mass is 547 g/mol. The quantitative estimate of drug-likeness (QED) is 0.548. The second kappa shape index (κ2) is 9.44. The second-order valence-corrected chi connectivity index (χ2v) is 13.6. The average molecular weight is 548 g/mol. The Morgan fingerprint density at radius 3 is 2.26 bits per heavy atom. The lowest BCUT2D eigenvalue weighted by atomic mass is 9.93. The molecule has 1 spiro atoms. The van der Waals surface area contributed by atoms with E-state index in [1.54, 1.807) is 49.9 Å². The van der Waals surface area contributed by atoms with Crippen molar-refractivity contribution < 1.29 is 22.0 Å². The average Bonchev–Trinajstić information content (AvgIpc) is 3.48. The predicted octanol–water partition coefficient (Wildman–Crippen LogP) is 4.64. The van der Waals surface area contributed by atoms with Gasteiger partial charge in [0.1, 0.15) is 11.6 Å². The summed E-state index contributed by atoms with van der Waals surface area (Å²) < 4.78 is 56.0. The number of benzene rings is 1. The predicted molar refractivity (Wildman–Crippen MR) is 144 cm³/mol. The van der Waals surface area contributed by atoms with E-state index < -0.39 is 33.9 Å². The van der Waals surface area contributed by atoms with Gasteiger partial charge in [0.05, 0.1) is 17.0 Å². The highest BCUT2D eigenvalue weighted by molar-refractivity contribution is 7.89. The molecule has 5 rings (SSSR count). The lowest BCUT2D eigenvalue weighted by Crippen LogP contribution is -2.40. The maximum Gasteiger partial charge on any atom is 0.266 e. The molecule has 3 aliphatic rings. The van der Waals surface area contributed by atoms with Crippen LogP contribution in [0.5, 0.6) is 0 Å². The highest BCUT2D eigenvalue weighted by Gasteiger charge is 2.45. The van der Waals surface area contributed by atoms with Crippen LogP contribution in [0.3, 0.4) is 0 Å². The van der Waals surface area contributed by atoms with Crippen LogP contribution in [0.15, 0.2) is 41.3 Å². The number of nitrogens with zero attached hydrogens (tertiary/aromatic N) is 3. The van der Waals surface area contributed by atoms with Crippen LogP contribution in [0.1, 0.15) is 63.2 Å². The number of rotatable bonds is 6. The summed E-state index contributed by atoms with van der Waals surface area (Å²) in [6.07, 6.45) is 4.27. The van der Waals surface area contributed by atoms with Gasteiger partial charge in [-0.1, -0.05) is 6.07 Å². The van der Waals surface area contributed by atoms with E-state index in [4.69, 9.17) is 4.98 Å². The normalized spacial score (nSPS) is 20.6. The summed E-state index contributed by atoms with van der Waals surface area (Å²) in [5.41, 5.74) is 0.414. The zero-order valence-corrected chi connectivity index (χ0v) is 22.9. The highest BCUT2D eigenvalue weighted by Crippen LogP contribution is 2.54. The molecular weight excluding hydrogens is 512 g/mol. The summed E-state index contributed by atoms with van der Waals surface area (Å²) in [6, 6.07) is 9.32. The third-order valence-electron chi connectivity index (χ3n) is 7.52. The summed E-state index contributed by atoms with van der Waals surface area (Å²) in [7, 11) is -3.78. The number of anilines is 3. The molecular formula is C27H35F2N5O3S. The number of carbonyl (C=O) groups is 1. The molecule has 2 N–H and O–H groups in total. The van der Waals surface area contributed by atoms with Crippen LogP contribution >= 0.6 is 0 Å². The van der Waals surface area contributed by atoms with Gasteiger partial charge in [-0.05, 0) is 82.2 Å². The first kappa shape index (κ1) is 26.8. The van der Waals surface area contributed by atoms with Crippen molar-refractivity contribution in [1.29, 1.82) is 0 Å². The number of hydrogen-bond acceptors (Lipinski definition) is 6. The van der Waals surface area contributed by atoms with Gasteiger partial charge >= 0.3 is 0 Å². The summed E-state index contributed by atoms with van der Waals surface area (Å²) in [6.45, 7) is 6.57. The van der Waals surface area contributed by atoms with Crippen molar-refractivity contribution in [2.24, 2.45) is 5.41 Å². The number of pyridine rings is 1. The molecule has 2 aromatic rings. The fourth-order valence-corrected chi connectivity index (χ4v) is 6.70. The first-order chi connectivity index (χ1) is 17.7. The highest BCUT2D eigenvalue weighted by atomic mass is 32.2. The van der Waals surface area contributed by atoms with Gasteiger partial charge in [0.15, 0.2) is 0 Å². The lowest BCUT2D eigenvalue weighted by Gasteiger charge is -2.34. The molecule has 0 unspecified atom stereocenters. The number of halogens is 2. The van der Waals surface area contributed by atoms with Crippen molar-refractivity contribution in [3.63, 3.8) is 0 Å². The molecule has 3 heterocycles. The van der Waals surface area contributed by atoms with E-state index in [1.807, 2.05) is 0 Å². The Morgan fingerprint density at radius 1 is 0.974 bits per heavy atom. The molecule has 0 atom stereocenters. The van der Waals surface area contributed by atoms with Gasteiger partial charge in [-0.25, -0.2) is 26.9 Å². The third kappa shape index (κ3) is 5.93. The Labute approximate surface area is 222 Å². The second-order valence-electron chi connectivity index (χ2n) is 11.9. The molecule has 3 fully saturated rings. The number of sulfonamides is 1. The van der Waals surface area contributed by atoms with E-state index in [-0.39, 0.29) is 17.9 Å². The van der Waals surface area contributed by atoms with E-state index in [0.29, 0.717) is 28.3 Å². The number of hydrogen-bond donors (Lipinski definition) is 2.